The molecule has 0 aromatic rings. The van der Waals surface area contributed by atoms with Crippen LogP contribution in [-0.2, 0) is 9.59 Å². The number of carbonyl (C=O) groups excluding carboxylic acids is 1. The zero-order chi connectivity index (χ0) is 13.2. The van der Waals surface area contributed by atoms with Crippen molar-refractivity contribution in [3.8, 4) is 0 Å². The Morgan fingerprint density at radius 3 is 2.35 bits per heavy atom. The van der Waals surface area contributed by atoms with Gasteiger partial charge in [0.25, 0.3) is 0 Å². The highest BCUT2D eigenvalue weighted by atomic mass is 16.4. The Kier molecular flexibility index (Phi) is 4.14. The lowest BCUT2D eigenvalue weighted by molar-refractivity contribution is -0.140. The average Bonchev–Trinajstić information content (AvgIpc) is 2.79. The Balaban J connectivity index is 2.43. The van der Waals surface area contributed by atoms with E-state index in [1.165, 1.54) is 0 Å². The summed E-state index contributed by atoms with van der Waals surface area (Å²) < 4.78 is 0. The smallest absolute Gasteiger partial charge is 0.307 e. The van der Waals surface area contributed by atoms with Gasteiger partial charge in [0.2, 0.25) is 5.91 Å². The van der Waals surface area contributed by atoms with Crippen molar-refractivity contribution in [1.29, 1.82) is 0 Å². The third kappa shape index (κ3) is 2.97. The molecule has 0 aromatic heterocycles. The van der Waals surface area contributed by atoms with Crippen LogP contribution in [-0.4, -0.2) is 35.2 Å². The fourth-order valence-corrected chi connectivity index (χ4v) is 2.30. The van der Waals surface area contributed by atoms with Crippen LogP contribution in [0, 0.1) is 23.2 Å². The minimum absolute atomic E-state index is 0.101. The molecule has 0 aromatic carbocycles. The summed E-state index contributed by atoms with van der Waals surface area (Å²) in [5.41, 5.74) is -0.448. The van der Waals surface area contributed by atoms with Crippen molar-refractivity contribution < 1.29 is 19.8 Å². The molecule has 0 aliphatic heterocycles. The van der Waals surface area contributed by atoms with Gasteiger partial charge in [-0.05, 0) is 17.8 Å². The van der Waals surface area contributed by atoms with E-state index in [0.29, 0.717) is 13.0 Å². The molecule has 1 aliphatic carbocycles. The molecule has 1 unspecified atom stereocenters. The van der Waals surface area contributed by atoms with Gasteiger partial charge >= 0.3 is 5.97 Å². The molecule has 17 heavy (non-hydrogen) atoms. The second kappa shape index (κ2) is 5.04. The van der Waals surface area contributed by atoms with Crippen molar-refractivity contribution in [2.24, 2.45) is 23.2 Å². The van der Waals surface area contributed by atoms with Crippen LogP contribution in [0.15, 0.2) is 0 Å². The van der Waals surface area contributed by atoms with Crippen molar-refractivity contribution in [2.45, 2.75) is 27.2 Å². The summed E-state index contributed by atoms with van der Waals surface area (Å²) in [6.45, 7) is 6.12. The number of nitrogens with one attached hydrogen (secondary N) is 1. The molecule has 3 atom stereocenters. The van der Waals surface area contributed by atoms with E-state index in [9.17, 15) is 9.59 Å². The van der Waals surface area contributed by atoms with Gasteiger partial charge in [-0.25, -0.2) is 0 Å². The van der Waals surface area contributed by atoms with E-state index in [1.54, 1.807) is 13.8 Å². The number of carbonyl (C=O) groups is 2. The highest BCUT2D eigenvalue weighted by Gasteiger charge is 2.65. The molecule has 0 saturated heterocycles. The van der Waals surface area contributed by atoms with Crippen LogP contribution in [0.4, 0.5) is 0 Å². The standard InChI is InChI=1S/C12H21NO4/c1-7(4-5-14)6-13-10(15)8-9(11(16)17)12(8,2)3/h7-9,14H,4-6H2,1-3H3,(H,13,15)(H,16,17)/t7?,8-,9+/m1/s1. The Hall–Kier alpha value is -1.10. The van der Waals surface area contributed by atoms with Gasteiger partial charge in [0.1, 0.15) is 0 Å². The van der Waals surface area contributed by atoms with E-state index in [0.717, 1.165) is 0 Å². The normalized spacial score (nSPS) is 27.3. The minimum Gasteiger partial charge on any atom is -0.481 e. The molecule has 1 fully saturated rings. The van der Waals surface area contributed by atoms with Crippen molar-refractivity contribution in [2.75, 3.05) is 13.2 Å². The number of hydrogen-bond donors (Lipinski definition) is 3. The fourth-order valence-electron chi connectivity index (χ4n) is 2.30. The maximum absolute atomic E-state index is 11.8. The highest BCUT2D eigenvalue weighted by molar-refractivity contribution is 5.91. The number of aliphatic hydroxyl groups is 1. The Morgan fingerprint density at radius 2 is 1.94 bits per heavy atom. The molecule has 1 saturated carbocycles. The van der Waals surface area contributed by atoms with Gasteiger partial charge in [-0.2, -0.15) is 0 Å². The lowest BCUT2D eigenvalue weighted by atomic mass is 10.1. The lowest BCUT2D eigenvalue weighted by Gasteiger charge is -2.11. The first-order chi connectivity index (χ1) is 7.82. The first kappa shape index (κ1) is 14.0. The first-order valence-electron chi connectivity index (χ1n) is 5.93. The van der Waals surface area contributed by atoms with Crippen molar-refractivity contribution >= 4 is 11.9 Å². The van der Waals surface area contributed by atoms with Crippen LogP contribution >= 0.6 is 0 Å². The molecule has 3 N–H and O–H groups in total. The molecule has 98 valence electrons. The summed E-state index contributed by atoms with van der Waals surface area (Å²) in [5, 5.41) is 20.4. The van der Waals surface area contributed by atoms with E-state index in [-0.39, 0.29) is 18.4 Å². The number of carboxylic acids is 1. The molecule has 5 heteroatoms. The summed E-state index contributed by atoms with van der Waals surface area (Å²) in [6.07, 6.45) is 0.636. The molecular formula is C12H21NO4. The monoisotopic (exact) mass is 243 g/mol. The second-order valence-electron chi connectivity index (χ2n) is 5.48. The van der Waals surface area contributed by atoms with Gasteiger partial charge in [0.05, 0.1) is 11.8 Å². The molecular weight excluding hydrogens is 222 g/mol. The van der Waals surface area contributed by atoms with Gasteiger partial charge in [-0.1, -0.05) is 20.8 Å². The van der Waals surface area contributed by atoms with Crippen LogP contribution in [0.1, 0.15) is 27.2 Å². The molecule has 5 nitrogen and oxygen atoms in total. The van der Waals surface area contributed by atoms with E-state index in [4.69, 9.17) is 10.2 Å². The Morgan fingerprint density at radius 1 is 1.35 bits per heavy atom. The lowest BCUT2D eigenvalue weighted by Crippen LogP contribution is -2.31. The molecule has 0 spiro atoms. The van der Waals surface area contributed by atoms with Gasteiger partial charge in [0.15, 0.2) is 0 Å². The quantitative estimate of drug-likeness (QED) is 0.633. The van der Waals surface area contributed by atoms with Crippen molar-refractivity contribution in [3.05, 3.63) is 0 Å². The summed E-state index contributed by atoms with van der Waals surface area (Å²) in [7, 11) is 0. The summed E-state index contributed by atoms with van der Waals surface area (Å²) >= 11 is 0. The van der Waals surface area contributed by atoms with Gasteiger partial charge in [-0.3, -0.25) is 9.59 Å². The van der Waals surface area contributed by atoms with Crippen LogP contribution < -0.4 is 5.32 Å². The third-order valence-electron chi connectivity index (χ3n) is 3.62. The van der Waals surface area contributed by atoms with E-state index >= 15 is 0 Å². The van der Waals surface area contributed by atoms with Crippen molar-refractivity contribution in [1.82, 2.24) is 5.32 Å². The SMILES string of the molecule is CC(CCO)CNC(=O)[C@H]1[C@@H](C(=O)O)C1(C)C. The largest absolute Gasteiger partial charge is 0.481 e. The minimum atomic E-state index is -0.904. The van der Waals surface area contributed by atoms with E-state index < -0.39 is 23.2 Å². The molecule has 0 bridgehead atoms. The van der Waals surface area contributed by atoms with Crippen LogP contribution in [0.25, 0.3) is 0 Å². The number of rotatable bonds is 6. The average molecular weight is 243 g/mol. The Bertz CT molecular complexity index is 314. The number of aliphatic hydroxyl groups excluding tert-OH is 1. The van der Waals surface area contributed by atoms with Crippen LogP contribution in [0.5, 0.6) is 0 Å². The van der Waals surface area contributed by atoms with Crippen molar-refractivity contribution in [3.63, 3.8) is 0 Å². The summed E-state index contributed by atoms with van der Waals surface area (Å²) in [4.78, 5) is 22.7. The van der Waals surface area contributed by atoms with E-state index in [2.05, 4.69) is 5.32 Å². The fraction of sp³-hybridized carbons (Fsp3) is 0.833. The Labute approximate surface area is 101 Å². The zero-order valence-corrected chi connectivity index (χ0v) is 10.6. The maximum Gasteiger partial charge on any atom is 0.307 e. The molecule has 1 rings (SSSR count). The number of amides is 1. The highest BCUT2D eigenvalue weighted by Crippen LogP contribution is 2.58. The van der Waals surface area contributed by atoms with E-state index in [1.807, 2.05) is 6.92 Å². The number of hydrogen-bond acceptors (Lipinski definition) is 3. The summed E-state index contributed by atoms with van der Waals surface area (Å²) in [5.74, 6) is -1.89. The zero-order valence-electron chi connectivity index (χ0n) is 10.6. The third-order valence-corrected chi connectivity index (χ3v) is 3.62. The number of carboxylic acid groups (broad SMARTS) is 1. The molecule has 0 heterocycles. The number of aliphatic carboxylic acids is 1. The molecule has 0 radical (unpaired) electrons. The predicted octanol–water partition coefficient (Wildman–Crippen LogP) is 0.478. The molecule has 1 amide bonds. The van der Waals surface area contributed by atoms with Crippen LogP contribution in [0.2, 0.25) is 0 Å². The summed E-state index contributed by atoms with van der Waals surface area (Å²) in [6, 6.07) is 0. The second-order valence-corrected chi connectivity index (χ2v) is 5.48. The predicted molar refractivity (Wildman–Crippen MR) is 62.3 cm³/mol. The first-order valence-corrected chi connectivity index (χ1v) is 5.93. The maximum atomic E-state index is 11.8. The van der Waals surface area contributed by atoms with Crippen LogP contribution in [0.3, 0.4) is 0 Å². The van der Waals surface area contributed by atoms with Gasteiger partial charge < -0.3 is 15.5 Å². The van der Waals surface area contributed by atoms with Gasteiger partial charge in [0, 0.05) is 13.2 Å². The van der Waals surface area contributed by atoms with Gasteiger partial charge in [-0.15, -0.1) is 0 Å². The topological polar surface area (TPSA) is 86.6 Å². The molecule has 1 aliphatic rings.